The van der Waals surface area contributed by atoms with Crippen LogP contribution in [0.1, 0.15) is 44.9 Å². The first-order chi connectivity index (χ1) is 15.5. The summed E-state index contributed by atoms with van der Waals surface area (Å²) in [6.07, 6.45) is 0.798. The molecule has 0 aliphatic carbocycles. The Balaban J connectivity index is 1.53. The molecule has 0 radical (unpaired) electrons. The van der Waals surface area contributed by atoms with Gasteiger partial charge in [0.15, 0.2) is 0 Å². The molecule has 0 atom stereocenters. The van der Waals surface area contributed by atoms with E-state index in [0.717, 1.165) is 22.5 Å². The Morgan fingerprint density at radius 3 is 2.25 bits per heavy atom. The molecule has 0 aliphatic heterocycles. The van der Waals surface area contributed by atoms with Crippen molar-refractivity contribution in [1.82, 2.24) is 14.8 Å². The number of benzene rings is 3. The summed E-state index contributed by atoms with van der Waals surface area (Å²) >= 11 is 0. The monoisotopic (exact) mass is 425 g/mol. The van der Waals surface area contributed by atoms with E-state index in [-0.39, 0.29) is 23.6 Å². The van der Waals surface area contributed by atoms with E-state index >= 15 is 0 Å². The van der Waals surface area contributed by atoms with Crippen LogP contribution in [0.3, 0.4) is 0 Å². The Kier molecular flexibility index (Phi) is 6.22. The van der Waals surface area contributed by atoms with Gasteiger partial charge < -0.3 is 5.11 Å². The highest BCUT2D eigenvalue weighted by atomic mass is 16.4. The summed E-state index contributed by atoms with van der Waals surface area (Å²) < 4.78 is 1.76. The Bertz CT molecular complexity index is 1250. The smallest absolute Gasteiger partial charge is 0.336 e. The third-order valence-corrected chi connectivity index (χ3v) is 5.29. The van der Waals surface area contributed by atoms with Crippen LogP contribution in [0.25, 0.3) is 11.1 Å². The highest BCUT2D eigenvalue weighted by Crippen LogP contribution is 2.24. The lowest BCUT2D eigenvalue weighted by Gasteiger charge is -2.08. The van der Waals surface area contributed by atoms with E-state index in [1.165, 1.54) is 0 Å². The number of aryl methyl sites for hydroxylation is 1. The van der Waals surface area contributed by atoms with Gasteiger partial charge in [-0.25, -0.2) is 14.5 Å². The zero-order valence-corrected chi connectivity index (χ0v) is 17.7. The quantitative estimate of drug-likeness (QED) is 0.414. The highest BCUT2D eigenvalue weighted by molar-refractivity contribution is 5.96. The summed E-state index contributed by atoms with van der Waals surface area (Å²) in [6, 6.07) is 24.2. The maximum atomic E-state index is 12.7. The van der Waals surface area contributed by atoms with Crippen molar-refractivity contribution < 1.29 is 14.7 Å². The molecule has 3 aromatic carbocycles. The molecular formula is C26H23N3O3. The number of carboxylic acids is 1. The van der Waals surface area contributed by atoms with E-state index in [0.29, 0.717) is 18.5 Å². The predicted octanol–water partition coefficient (Wildman–Crippen LogP) is 4.68. The van der Waals surface area contributed by atoms with Gasteiger partial charge in [0.25, 0.3) is 0 Å². The van der Waals surface area contributed by atoms with Gasteiger partial charge in [0.05, 0.1) is 5.56 Å². The number of carboxylic acid groups (broad SMARTS) is 1. The van der Waals surface area contributed by atoms with Crippen LogP contribution in [0.2, 0.25) is 0 Å². The summed E-state index contributed by atoms with van der Waals surface area (Å²) in [6.45, 7) is 2.58. The third kappa shape index (κ3) is 4.64. The molecule has 0 amide bonds. The molecule has 0 fully saturated rings. The number of hydrogen-bond donors (Lipinski definition) is 1. The lowest BCUT2D eigenvalue weighted by atomic mass is 9.98. The number of carbonyl (C=O) groups is 2. The van der Waals surface area contributed by atoms with Crippen molar-refractivity contribution in [3.63, 3.8) is 0 Å². The molecule has 1 heterocycles. The van der Waals surface area contributed by atoms with E-state index in [4.69, 9.17) is 0 Å². The van der Waals surface area contributed by atoms with Gasteiger partial charge in [-0.05, 0) is 35.2 Å². The van der Waals surface area contributed by atoms with Crippen molar-refractivity contribution in [2.75, 3.05) is 0 Å². The molecule has 0 saturated carbocycles. The van der Waals surface area contributed by atoms with Crippen molar-refractivity contribution in [3.8, 4) is 11.1 Å². The molecule has 6 heteroatoms. The molecule has 32 heavy (non-hydrogen) atoms. The Morgan fingerprint density at radius 2 is 1.56 bits per heavy atom. The Hall–Kier alpha value is -4.06. The molecule has 1 N–H and O–H groups in total. The van der Waals surface area contributed by atoms with Crippen LogP contribution in [0.15, 0.2) is 78.9 Å². The zero-order valence-electron chi connectivity index (χ0n) is 17.7. The van der Waals surface area contributed by atoms with E-state index in [9.17, 15) is 14.7 Å². The van der Waals surface area contributed by atoms with Gasteiger partial charge in [0, 0.05) is 19.4 Å². The minimum Gasteiger partial charge on any atom is -0.478 e. The molecule has 1 aromatic heterocycles. The first-order valence-electron chi connectivity index (χ1n) is 10.5. The molecule has 4 rings (SSSR count). The van der Waals surface area contributed by atoms with Crippen molar-refractivity contribution >= 4 is 11.8 Å². The lowest BCUT2D eigenvalue weighted by Crippen LogP contribution is -2.07. The van der Waals surface area contributed by atoms with Gasteiger partial charge >= 0.3 is 5.97 Å². The van der Waals surface area contributed by atoms with Crippen LogP contribution in [0.4, 0.5) is 0 Å². The number of ketones is 1. The molecule has 0 aliphatic rings. The maximum absolute atomic E-state index is 12.7. The van der Waals surface area contributed by atoms with E-state index in [1.54, 1.807) is 22.9 Å². The molecule has 160 valence electrons. The fourth-order valence-electron chi connectivity index (χ4n) is 3.64. The fourth-order valence-corrected chi connectivity index (χ4v) is 3.64. The zero-order chi connectivity index (χ0) is 22.5. The molecule has 0 bridgehead atoms. The minimum atomic E-state index is -0.951. The molecule has 4 aromatic rings. The summed E-state index contributed by atoms with van der Waals surface area (Å²) in [5.41, 5.74) is 3.72. The number of aromatic carboxylic acids is 1. The van der Waals surface area contributed by atoms with E-state index in [2.05, 4.69) is 10.1 Å². The van der Waals surface area contributed by atoms with E-state index in [1.807, 2.05) is 67.6 Å². The van der Waals surface area contributed by atoms with Gasteiger partial charge in [0.2, 0.25) is 11.6 Å². The van der Waals surface area contributed by atoms with Crippen LogP contribution in [0, 0.1) is 0 Å². The Morgan fingerprint density at radius 1 is 0.875 bits per heavy atom. The number of hydrogen-bond acceptors (Lipinski definition) is 4. The number of carbonyl (C=O) groups excluding carboxylic acids is 1. The number of aromatic nitrogens is 3. The largest absolute Gasteiger partial charge is 0.478 e. The minimum absolute atomic E-state index is 0.106. The van der Waals surface area contributed by atoms with Crippen molar-refractivity contribution in [2.45, 2.75) is 26.3 Å². The topological polar surface area (TPSA) is 85.1 Å². The second kappa shape index (κ2) is 9.39. The van der Waals surface area contributed by atoms with Crippen molar-refractivity contribution in [1.29, 1.82) is 0 Å². The molecular weight excluding hydrogens is 402 g/mol. The number of Topliss-reactive ketones (excluding diaryl/α,β-unsaturated/α-hetero) is 1. The van der Waals surface area contributed by atoms with Crippen molar-refractivity contribution in [3.05, 3.63) is 107 Å². The van der Waals surface area contributed by atoms with Crippen LogP contribution >= 0.6 is 0 Å². The van der Waals surface area contributed by atoms with Gasteiger partial charge in [-0.1, -0.05) is 72.8 Å². The average Bonchev–Trinajstić information content (AvgIpc) is 3.23. The van der Waals surface area contributed by atoms with Crippen molar-refractivity contribution in [2.24, 2.45) is 0 Å². The number of nitrogens with zero attached hydrogens (tertiary/aromatic N) is 3. The van der Waals surface area contributed by atoms with Gasteiger partial charge in [0.1, 0.15) is 5.82 Å². The normalized spacial score (nSPS) is 10.8. The summed E-state index contributed by atoms with van der Waals surface area (Å²) in [5, 5.41) is 13.8. The third-order valence-electron chi connectivity index (χ3n) is 5.29. The lowest BCUT2D eigenvalue weighted by molar-refractivity contribution is 0.0697. The summed E-state index contributed by atoms with van der Waals surface area (Å²) in [5.74, 6) is -0.0981. The fraction of sp³-hybridized carbons (Fsp3) is 0.154. The predicted molar refractivity (Wildman–Crippen MR) is 122 cm³/mol. The molecule has 6 nitrogen and oxygen atoms in total. The SMILES string of the molecule is CCn1nc(C(=O)Cc2ccccc2)nc1Cc1ccc(-c2ccccc2C(=O)O)cc1. The summed E-state index contributed by atoms with van der Waals surface area (Å²) in [4.78, 5) is 28.7. The maximum Gasteiger partial charge on any atom is 0.336 e. The van der Waals surface area contributed by atoms with E-state index < -0.39 is 5.97 Å². The molecule has 0 spiro atoms. The Labute approximate surface area is 186 Å². The van der Waals surface area contributed by atoms with Gasteiger partial charge in [-0.3, -0.25) is 4.79 Å². The highest BCUT2D eigenvalue weighted by Gasteiger charge is 2.17. The van der Waals surface area contributed by atoms with Crippen LogP contribution < -0.4 is 0 Å². The van der Waals surface area contributed by atoms with Gasteiger partial charge in [-0.2, -0.15) is 0 Å². The average molecular weight is 425 g/mol. The second-order valence-corrected chi connectivity index (χ2v) is 7.48. The standard InChI is InChI=1S/C26H23N3O3/c1-2-29-24(27-25(28-29)23(30)16-18-8-4-3-5-9-18)17-19-12-14-20(15-13-19)21-10-6-7-11-22(21)26(31)32/h3-15H,2,16-17H2,1H3,(H,31,32). The van der Waals surface area contributed by atoms with Gasteiger partial charge in [-0.15, -0.1) is 5.10 Å². The molecule has 0 saturated heterocycles. The van der Waals surface area contributed by atoms with Crippen LogP contribution in [0.5, 0.6) is 0 Å². The second-order valence-electron chi connectivity index (χ2n) is 7.48. The van der Waals surface area contributed by atoms with Crippen LogP contribution in [-0.4, -0.2) is 31.6 Å². The number of rotatable bonds is 8. The first-order valence-corrected chi connectivity index (χ1v) is 10.5. The summed E-state index contributed by atoms with van der Waals surface area (Å²) in [7, 11) is 0. The first kappa shape index (κ1) is 21.2. The van der Waals surface area contributed by atoms with Crippen LogP contribution in [-0.2, 0) is 19.4 Å². The molecule has 0 unspecified atom stereocenters.